The molecule has 1 unspecified atom stereocenters. The third-order valence-electron chi connectivity index (χ3n) is 6.95. The van der Waals surface area contributed by atoms with Gasteiger partial charge in [-0.1, -0.05) is 71.7 Å². The van der Waals surface area contributed by atoms with Crippen molar-refractivity contribution in [1.29, 1.82) is 0 Å². The number of rotatable bonds is 17. The Balaban J connectivity index is 1.84. The van der Waals surface area contributed by atoms with Gasteiger partial charge in [-0.05, 0) is 67.3 Å². The van der Waals surface area contributed by atoms with E-state index in [9.17, 15) is 18.0 Å². The second-order valence-electron chi connectivity index (χ2n) is 10.4. The second kappa shape index (κ2) is 17.1. The molecule has 0 saturated heterocycles. The molecule has 0 fully saturated rings. The Morgan fingerprint density at radius 2 is 1.58 bits per heavy atom. The monoisotopic (exact) mass is 671 g/mol. The highest BCUT2D eigenvalue weighted by molar-refractivity contribution is 9.10. The summed E-state index contributed by atoms with van der Waals surface area (Å²) < 4.78 is 33.1. The van der Waals surface area contributed by atoms with E-state index in [1.807, 2.05) is 61.5 Å². The molecule has 43 heavy (non-hydrogen) atoms. The van der Waals surface area contributed by atoms with E-state index in [2.05, 4.69) is 28.2 Å². The molecule has 0 heterocycles. The number of carbonyl (C=O) groups is 2. The maximum absolute atomic E-state index is 13.9. The smallest absolute Gasteiger partial charge is 0.243 e. The van der Waals surface area contributed by atoms with Gasteiger partial charge in [-0.3, -0.25) is 13.9 Å². The topological polar surface area (TPSA) is 96.0 Å². The van der Waals surface area contributed by atoms with Crippen molar-refractivity contribution < 1.29 is 22.7 Å². The molecule has 3 aromatic rings. The minimum absolute atomic E-state index is 0.0765. The van der Waals surface area contributed by atoms with Crippen molar-refractivity contribution >= 4 is 43.5 Å². The van der Waals surface area contributed by atoms with E-state index in [0.717, 1.165) is 34.7 Å². The van der Waals surface area contributed by atoms with E-state index in [1.54, 1.807) is 29.2 Å². The van der Waals surface area contributed by atoms with E-state index in [0.29, 0.717) is 31.0 Å². The first-order valence-electron chi connectivity index (χ1n) is 14.7. The third-order valence-corrected chi connectivity index (χ3v) is 8.68. The van der Waals surface area contributed by atoms with Gasteiger partial charge in [0.1, 0.15) is 11.8 Å². The minimum atomic E-state index is -3.60. The van der Waals surface area contributed by atoms with Crippen molar-refractivity contribution in [2.75, 3.05) is 30.3 Å². The molecule has 3 rings (SSSR count). The Morgan fingerprint density at radius 3 is 2.19 bits per heavy atom. The number of anilines is 1. The van der Waals surface area contributed by atoms with Crippen LogP contribution in [0.15, 0.2) is 83.3 Å². The van der Waals surface area contributed by atoms with Crippen molar-refractivity contribution in [2.45, 2.75) is 58.5 Å². The molecule has 0 aliphatic carbocycles. The van der Waals surface area contributed by atoms with Gasteiger partial charge in [0.15, 0.2) is 0 Å². The second-order valence-corrected chi connectivity index (χ2v) is 13.2. The largest absolute Gasteiger partial charge is 0.494 e. The van der Waals surface area contributed by atoms with Gasteiger partial charge in [0.2, 0.25) is 21.8 Å². The van der Waals surface area contributed by atoms with Crippen LogP contribution in [0.1, 0.15) is 50.7 Å². The molecule has 0 aliphatic heterocycles. The number of halogens is 1. The molecule has 0 spiro atoms. The summed E-state index contributed by atoms with van der Waals surface area (Å²) in [4.78, 5) is 29.1. The lowest BCUT2D eigenvalue weighted by Crippen LogP contribution is -2.50. The Bertz CT molecular complexity index is 1400. The Kier molecular flexibility index (Phi) is 13.5. The summed E-state index contributed by atoms with van der Waals surface area (Å²) in [7, 11) is -3.60. The van der Waals surface area contributed by atoms with E-state index >= 15 is 0 Å². The molecule has 0 aromatic heterocycles. The fraction of sp³-hybridized carbons (Fsp3) is 0.394. The molecule has 1 atom stereocenters. The van der Waals surface area contributed by atoms with Crippen LogP contribution in [-0.4, -0.2) is 57.1 Å². The average Bonchev–Trinajstić information content (AvgIpc) is 2.98. The molecule has 232 valence electrons. The zero-order chi connectivity index (χ0) is 31.2. The SMILES string of the molecule is CCCCNC(=O)C(Cc1ccccc1)N(Cc1ccc(Br)cc1)C(=O)CCCN(c1ccc(OCC)cc1)S(C)(=O)=O. The fourth-order valence-electron chi connectivity index (χ4n) is 4.73. The van der Waals surface area contributed by atoms with Gasteiger partial charge in [0, 0.05) is 36.9 Å². The number of carbonyl (C=O) groups excluding carboxylic acids is 2. The molecule has 0 saturated carbocycles. The standard InChI is InChI=1S/C33H42BrN3O5S/c1-4-6-22-35-33(39)31(24-26-11-8-7-9-12-26)36(25-27-14-16-28(34)17-15-27)32(38)13-10-23-37(43(3,40)41)29-18-20-30(21-19-29)42-5-2/h7-9,11-12,14-21,31H,4-6,10,13,22-25H2,1-3H3,(H,35,39). The Morgan fingerprint density at radius 1 is 0.907 bits per heavy atom. The molecular weight excluding hydrogens is 630 g/mol. The highest BCUT2D eigenvalue weighted by Crippen LogP contribution is 2.23. The van der Waals surface area contributed by atoms with E-state index < -0.39 is 16.1 Å². The van der Waals surface area contributed by atoms with Gasteiger partial charge >= 0.3 is 0 Å². The number of amides is 2. The molecule has 0 bridgehead atoms. The number of nitrogens with zero attached hydrogens (tertiary/aromatic N) is 2. The van der Waals surface area contributed by atoms with Crippen LogP contribution in [-0.2, 0) is 32.6 Å². The first-order chi connectivity index (χ1) is 20.6. The number of nitrogens with one attached hydrogen (secondary N) is 1. The van der Waals surface area contributed by atoms with Crippen molar-refractivity contribution in [2.24, 2.45) is 0 Å². The van der Waals surface area contributed by atoms with Crippen LogP contribution in [0.3, 0.4) is 0 Å². The minimum Gasteiger partial charge on any atom is -0.494 e. The van der Waals surface area contributed by atoms with Crippen molar-refractivity contribution in [3.8, 4) is 5.75 Å². The normalized spacial score (nSPS) is 11.9. The summed E-state index contributed by atoms with van der Waals surface area (Å²) in [5, 5.41) is 3.03. The third kappa shape index (κ3) is 11.0. The van der Waals surface area contributed by atoms with Crippen molar-refractivity contribution in [1.82, 2.24) is 10.2 Å². The number of benzene rings is 3. The molecular formula is C33H42BrN3O5S. The van der Waals surface area contributed by atoms with Crippen molar-refractivity contribution in [3.05, 3.63) is 94.5 Å². The number of unbranched alkanes of at least 4 members (excludes halogenated alkanes) is 1. The molecule has 2 amide bonds. The van der Waals surface area contributed by atoms with Crippen LogP contribution < -0.4 is 14.4 Å². The summed E-state index contributed by atoms with van der Waals surface area (Å²) >= 11 is 3.46. The lowest BCUT2D eigenvalue weighted by Gasteiger charge is -2.32. The van der Waals surface area contributed by atoms with Crippen LogP contribution in [0.4, 0.5) is 5.69 Å². The van der Waals surface area contributed by atoms with Crippen molar-refractivity contribution in [3.63, 3.8) is 0 Å². The van der Waals surface area contributed by atoms with Gasteiger partial charge < -0.3 is 15.0 Å². The van der Waals surface area contributed by atoms with E-state index in [4.69, 9.17) is 4.74 Å². The quantitative estimate of drug-likeness (QED) is 0.179. The van der Waals surface area contributed by atoms with E-state index in [-0.39, 0.29) is 37.7 Å². The first-order valence-corrected chi connectivity index (χ1v) is 17.3. The molecule has 0 radical (unpaired) electrons. The van der Waals surface area contributed by atoms with Crippen LogP contribution in [0.25, 0.3) is 0 Å². The summed E-state index contributed by atoms with van der Waals surface area (Å²) in [6.07, 6.45) is 3.66. The van der Waals surface area contributed by atoms with Crippen LogP contribution in [0, 0.1) is 0 Å². The number of ether oxygens (including phenoxy) is 1. The number of sulfonamides is 1. The lowest BCUT2D eigenvalue weighted by molar-refractivity contribution is -0.141. The molecule has 10 heteroatoms. The summed E-state index contributed by atoms with van der Waals surface area (Å²) in [6, 6.07) is 23.5. The summed E-state index contributed by atoms with van der Waals surface area (Å²) in [5.41, 5.74) is 2.34. The van der Waals surface area contributed by atoms with Crippen LogP contribution in [0.5, 0.6) is 5.75 Å². The number of hydrogen-bond acceptors (Lipinski definition) is 5. The predicted octanol–water partition coefficient (Wildman–Crippen LogP) is 5.95. The van der Waals surface area contributed by atoms with Gasteiger partial charge in [-0.15, -0.1) is 0 Å². The zero-order valence-corrected chi connectivity index (χ0v) is 27.6. The van der Waals surface area contributed by atoms with Crippen LogP contribution in [0.2, 0.25) is 0 Å². The van der Waals surface area contributed by atoms with Crippen LogP contribution >= 0.6 is 15.9 Å². The Labute approximate surface area is 264 Å². The maximum atomic E-state index is 13.9. The molecule has 0 aliphatic rings. The van der Waals surface area contributed by atoms with Gasteiger partial charge in [-0.25, -0.2) is 8.42 Å². The summed E-state index contributed by atoms with van der Waals surface area (Å²) in [5.74, 6) is 0.240. The zero-order valence-electron chi connectivity index (χ0n) is 25.2. The highest BCUT2D eigenvalue weighted by Gasteiger charge is 2.30. The van der Waals surface area contributed by atoms with Gasteiger partial charge in [0.05, 0.1) is 18.6 Å². The molecule has 1 N–H and O–H groups in total. The van der Waals surface area contributed by atoms with Gasteiger partial charge in [-0.2, -0.15) is 0 Å². The highest BCUT2D eigenvalue weighted by atomic mass is 79.9. The first kappa shape index (κ1) is 34.1. The number of hydrogen-bond donors (Lipinski definition) is 1. The fourth-order valence-corrected chi connectivity index (χ4v) is 5.96. The predicted molar refractivity (Wildman–Crippen MR) is 176 cm³/mol. The summed E-state index contributed by atoms with van der Waals surface area (Å²) in [6.45, 7) is 5.36. The maximum Gasteiger partial charge on any atom is 0.243 e. The lowest BCUT2D eigenvalue weighted by atomic mass is 10.0. The van der Waals surface area contributed by atoms with Gasteiger partial charge in [0.25, 0.3) is 0 Å². The average molecular weight is 673 g/mol. The van der Waals surface area contributed by atoms with E-state index in [1.165, 1.54) is 4.31 Å². The molecule has 8 nitrogen and oxygen atoms in total. The molecule has 3 aromatic carbocycles. The Hall–Kier alpha value is -3.37.